The van der Waals surface area contributed by atoms with Gasteiger partial charge in [0.2, 0.25) is 5.82 Å². The van der Waals surface area contributed by atoms with Gasteiger partial charge in [0.15, 0.2) is 0 Å². The van der Waals surface area contributed by atoms with Crippen LogP contribution in [-0.4, -0.2) is 14.7 Å². The fourth-order valence-electron chi connectivity index (χ4n) is 1.81. The lowest BCUT2D eigenvalue weighted by molar-refractivity contribution is -0.384. The van der Waals surface area contributed by atoms with Crippen LogP contribution < -0.4 is 5.32 Å². The van der Waals surface area contributed by atoms with E-state index in [9.17, 15) is 10.1 Å². The summed E-state index contributed by atoms with van der Waals surface area (Å²) in [4.78, 5) is 10.4. The molecule has 0 aliphatic carbocycles. The quantitative estimate of drug-likeness (QED) is 0.662. The molecule has 2 aromatic rings. The van der Waals surface area contributed by atoms with Crippen molar-refractivity contribution in [3.05, 3.63) is 51.7 Å². The first-order chi connectivity index (χ1) is 9.10. The standard InChI is InChI=1S/C13H16N4O2/c1-3-10-4-6-11(7-5-10)8-14-13-12(17(18)19)9-16(2)15-13/h4-7,9H,3,8H2,1-2H3,(H,14,15). The van der Waals surface area contributed by atoms with E-state index in [1.807, 2.05) is 12.1 Å². The van der Waals surface area contributed by atoms with Crippen molar-refractivity contribution >= 4 is 11.5 Å². The van der Waals surface area contributed by atoms with Crippen molar-refractivity contribution < 1.29 is 4.92 Å². The number of anilines is 1. The van der Waals surface area contributed by atoms with E-state index >= 15 is 0 Å². The number of aromatic nitrogens is 2. The number of nitrogens with zero attached hydrogens (tertiary/aromatic N) is 3. The summed E-state index contributed by atoms with van der Waals surface area (Å²) in [6.45, 7) is 2.62. The summed E-state index contributed by atoms with van der Waals surface area (Å²) in [6.07, 6.45) is 2.39. The number of hydrogen-bond donors (Lipinski definition) is 1. The van der Waals surface area contributed by atoms with Crippen LogP contribution in [0.2, 0.25) is 0 Å². The molecule has 0 aliphatic rings. The third kappa shape index (κ3) is 3.09. The van der Waals surface area contributed by atoms with Crippen LogP contribution in [0.1, 0.15) is 18.1 Å². The summed E-state index contributed by atoms with van der Waals surface area (Å²) in [5.41, 5.74) is 2.33. The highest BCUT2D eigenvalue weighted by molar-refractivity contribution is 5.54. The van der Waals surface area contributed by atoms with Gasteiger partial charge in [-0.25, -0.2) is 0 Å². The van der Waals surface area contributed by atoms with Crippen molar-refractivity contribution in [2.24, 2.45) is 7.05 Å². The summed E-state index contributed by atoms with van der Waals surface area (Å²) < 4.78 is 1.43. The van der Waals surface area contributed by atoms with E-state index < -0.39 is 4.92 Å². The van der Waals surface area contributed by atoms with E-state index in [1.54, 1.807) is 7.05 Å². The predicted molar refractivity (Wildman–Crippen MR) is 73.0 cm³/mol. The second-order valence-electron chi connectivity index (χ2n) is 4.32. The largest absolute Gasteiger partial charge is 0.359 e. The molecule has 0 radical (unpaired) electrons. The van der Waals surface area contributed by atoms with E-state index in [1.165, 1.54) is 16.4 Å². The molecule has 1 aromatic carbocycles. The minimum atomic E-state index is -0.435. The molecule has 0 unspecified atom stereocenters. The molecule has 0 aliphatic heterocycles. The minimum absolute atomic E-state index is 0.00678. The van der Waals surface area contributed by atoms with Gasteiger partial charge in [0, 0.05) is 13.6 Å². The zero-order valence-corrected chi connectivity index (χ0v) is 11.0. The van der Waals surface area contributed by atoms with Gasteiger partial charge < -0.3 is 5.32 Å². The number of hydrogen-bond acceptors (Lipinski definition) is 4. The third-order valence-electron chi connectivity index (χ3n) is 2.90. The van der Waals surface area contributed by atoms with Crippen LogP contribution >= 0.6 is 0 Å². The van der Waals surface area contributed by atoms with Gasteiger partial charge in [-0.15, -0.1) is 5.10 Å². The Morgan fingerprint density at radius 2 is 1.95 bits per heavy atom. The zero-order valence-electron chi connectivity index (χ0n) is 11.0. The van der Waals surface area contributed by atoms with E-state index in [0.29, 0.717) is 12.4 Å². The summed E-state index contributed by atoms with van der Waals surface area (Å²) in [6, 6.07) is 8.15. The van der Waals surface area contributed by atoms with E-state index in [0.717, 1.165) is 12.0 Å². The van der Waals surface area contributed by atoms with Crippen LogP contribution in [0.3, 0.4) is 0 Å². The normalized spacial score (nSPS) is 10.4. The molecule has 6 nitrogen and oxygen atoms in total. The summed E-state index contributed by atoms with van der Waals surface area (Å²) in [5, 5.41) is 17.9. The predicted octanol–water partition coefficient (Wildman–Crippen LogP) is 2.50. The van der Waals surface area contributed by atoms with Crippen LogP contribution in [0, 0.1) is 10.1 Å². The summed E-state index contributed by atoms with van der Waals surface area (Å²) in [5.74, 6) is 0.298. The molecule has 0 fully saturated rings. The van der Waals surface area contributed by atoms with Gasteiger partial charge in [-0.3, -0.25) is 14.8 Å². The van der Waals surface area contributed by atoms with Gasteiger partial charge in [0.25, 0.3) is 0 Å². The Labute approximate surface area is 111 Å². The first-order valence-corrected chi connectivity index (χ1v) is 6.10. The average molecular weight is 260 g/mol. The van der Waals surface area contributed by atoms with Crippen LogP contribution in [0.5, 0.6) is 0 Å². The van der Waals surface area contributed by atoms with Crippen LogP contribution in [-0.2, 0) is 20.0 Å². The molecule has 0 spiro atoms. The SMILES string of the molecule is CCc1ccc(CNc2nn(C)cc2[N+](=O)[O-])cc1. The number of benzene rings is 1. The van der Waals surface area contributed by atoms with Crippen molar-refractivity contribution in [2.75, 3.05) is 5.32 Å². The molecular weight excluding hydrogens is 244 g/mol. The Bertz CT molecular complexity index is 575. The number of nitrogens with one attached hydrogen (secondary N) is 1. The number of aryl methyl sites for hydroxylation is 2. The van der Waals surface area contributed by atoms with E-state index in [2.05, 4.69) is 29.5 Å². The van der Waals surface area contributed by atoms with Crippen molar-refractivity contribution in [3.63, 3.8) is 0 Å². The fraction of sp³-hybridized carbons (Fsp3) is 0.308. The Balaban J connectivity index is 2.07. The van der Waals surface area contributed by atoms with Gasteiger partial charge in [-0.05, 0) is 17.5 Å². The monoisotopic (exact) mass is 260 g/mol. The maximum absolute atomic E-state index is 10.8. The van der Waals surface area contributed by atoms with E-state index in [-0.39, 0.29) is 5.69 Å². The van der Waals surface area contributed by atoms with Crippen molar-refractivity contribution in [1.82, 2.24) is 9.78 Å². The molecule has 100 valence electrons. The lowest BCUT2D eigenvalue weighted by Crippen LogP contribution is -2.02. The smallest absolute Gasteiger partial charge is 0.330 e. The molecule has 1 aromatic heterocycles. The average Bonchev–Trinajstić information content (AvgIpc) is 2.78. The Morgan fingerprint density at radius 3 is 2.53 bits per heavy atom. The molecule has 0 saturated carbocycles. The molecule has 6 heteroatoms. The topological polar surface area (TPSA) is 73.0 Å². The highest BCUT2D eigenvalue weighted by Gasteiger charge is 2.17. The van der Waals surface area contributed by atoms with Gasteiger partial charge in [0.1, 0.15) is 6.20 Å². The summed E-state index contributed by atoms with van der Waals surface area (Å²) in [7, 11) is 1.66. The highest BCUT2D eigenvalue weighted by Crippen LogP contribution is 2.22. The first-order valence-electron chi connectivity index (χ1n) is 6.10. The second-order valence-corrected chi connectivity index (χ2v) is 4.32. The Morgan fingerprint density at radius 1 is 1.32 bits per heavy atom. The van der Waals surface area contributed by atoms with Crippen molar-refractivity contribution in [3.8, 4) is 0 Å². The first kappa shape index (κ1) is 13.1. The lowest BCUT2D eigenvalue weighted by atomic mass is 10.1. The number of nitro groups is 1. The molecule has 1 heterocycles. The molecule has 0 saturated heterocycles. The molecule has 1 N–H and O–H groups in total. The van der Waals surface area contributed by atoms with Crippen molar-refractivity contribution in [2.45, 2.75) is 19.9 Å². The number of rotatable bonds is 5. The summed E-state index contributed by atoms with van der Waals surface area (Å²) >= 11 is 0. The molecule has 0 atom stereocenters. The molecule has 0 amide bonds. The molecular formula is C13H16N4O2. The van der Waals surface area contributed by atoms with Crippen LogP contribution in [0.15, 0.2) is 30.5 Å². The fourth-order valence-corrected chi connectivity index (χ4v) is 1.81. The molecule has 2 rings (SSSR count). The lowest BCUT2D eigenvalue weighted by Gasteiger charge is -2.04. The second kappa shape index (κ2) is 5.51. The van der Waals surface area contributed by atoms with Gasteiger partial charge in [-0.1, -0.05) is 31.2 Å². The maximum Gasteiger partial charge on any atom is 0.330 e. The zero-order chi connectivity index (χ0) is 13.8. The molecule has 19 heavy (non-hydrogen) atoms. The van der Waals surface area contributed by atoms with Crippen molar-refractivity contribution in [1.29, 1.82) is 0 Å². The van der Waals surface area contributed by atoms with Crippen LogP contribution in [0.4, 0.5) is 11.5 Å². The highest BCUT2D eigenvalue weighted by atomic mass is 16.6. The van der Waals surface area contributed by atoms with Gasteiger partial charge in [-0.2, -0.15) is 0 Å². The van der Waals surface area contributed by atoms with Crippen LogP contribution in [0.25, 0.3) is 0 Å². The van der Waals surface area contributed by atoms with Gasteiger partial charge in [0.05, 0.1) is 4.92 Å². The van der Waals surface area contributed by atoms with Gasteiger partial charge >= 0.3 is 5.69 Å². The van der Waals surface area contributed by atoms with E-state index in [4.69, 9.17) is 0 Å². The minimum Gasteiger partial charge on any atom is -0.359 e. The molecule has 0 bridgehead atoms. The maximum atomic E-state index is 10.8. The Kier molecular flexibility index (Phi) is 3.79. The Hall–Kier alpha value is -2.37. The third-order valence-corrected chi connectivity index (χ3v) is 2.90.